The van der Waals surface area contributed by atoms with Gasteiger partial charge in [-0.15, -0.1) is 0 Å². The normalized spacial score (nSPS) is 13.1. The second-order valence-electron chi connectivity index (χ2n) is 11.3. The minimum Gasteiger partial charge on any atom is -0.449 e. The average molecular weight is 640 g/mol. The number of Topliss-reactive ketones (excluding diaryl/α,β-unsaturated/α-hetero) is 1. The smallest absolute Gasteiger partial charge is 0.406 e. The van der Waals surface area contributed by atoms with Crippen LogP contribution in [-0.4, -0.2) is 82.0 Å². The van der Waals surface area contributed by atoms with Crippen LogP contribution in [0.25, 0.3) is 11.1 Å². The summed E-state index contributed by atoms with van der Waals surface area (Å²) in [5.41, 5.74) is 4.60. The van der Waals surface area contributed by atoms with E-state index in [1.54, 1.807) is 6.07 Å². The Morgan fingerprint density at radius 1 is 0.826 bits per heavy atom. The Morgan fingerprint density at radius 3 is 2.37 bits per heavy atom. The van der Waals surface area contributed by atoms with Crippen molar-refractivity contribution in [2.45, 2.75) is 70.6 Å². The van der Waals surface area contributed by atoms with E-state index in [-0.39, 0.29) is 49.6 Å². The van der Waals surface area contributed by atoms with Crippen LogP contribution in [0.2, 0.25) is 0 Å². The summed E-state index contributed by atoms with van der Waals surface area (Å²) in [7, 11) is 1.49. The summed E-state index contributed by atoms with van der Waals surface area (Å²) in [4.78, 5) is 50.2. The van der Waals surface area contributed by atoms with Crippen molar-refractivity contribution < 1.29 is 38.5 Å². The van der Waals surface area contributed by atoms with Gasteiger partial charge in [-0.3, -0.25) is 14.4 Å². The number of aliphatic hydroxyl groups excluding tert-OH is 1. The van der Waals surface area contributed by atoms with E-state index >= 15 is 0 Å². The van der Waals surface area contributed by atoms with Crippen molar-refractivity contribution >= 4 is 29.4 Å². The van der Waals surface area contributed by atoms with Gasteiger partial charge >= 0.3 is 6.09 Å². The molecule has 252 valence electrons. The van der Waals surface area contributed by atoms with Crippen LogP contribution < -0.4 is 16.0 Å². The lowest BCUT2D eigenvalue weighted by atomic mass is 9.93. The topological polar surface area (TPSA) is 152 Å². The number of hydrogen-bond donors (Lipinski definition) is 4. The zero-order chi connectivity index (χ0) is 33.1. The number of aliphatic hydroxyl groups is 1. The number of fused-ring (bicyclic) bond motifs is 3. The molecule has 11 heteroatoms. The number of ether oxygens (including phenoxy) is 3. The Kier molecular flexibility index (Phi) is 16.2. The lowest BCUT2D eigenvalue weighted by Gasteiger charge is -2.15. The number of nitrogens with one attached hydrogen (secondary N) is 3. The molecule has 46 heavy (non-hydrogen) atoms. The highest BCUT2D eigenvalue weighted by Gasteiger charge is 2.33. The van der Waals surface area contributed by atoms with Crippen molar-refractivity contribution in [1.29, 1.82) is 0 Å². The third-order valence-corrected chi connectivity index (χ3v) is 7.75. The molecule has 0 heterocycles. The molecule has 2 aromatic rings. The van der Waals surface area contributed by atoms with Gasteiger partial charge in [0.1, 0.15) is 6.61 Å². The van der Waals surface area contributed by atoms with Crippen molar-refractivity contribution in [2.75, 3.05) is 58.6 Å². The van der Waals surface area contributed by atoms with E-state index in [9.17, 15) is 19.2 Å². The number of hydrogen-bond acceptors (Lipinski definition) is 8. The molecule has 11 nitrogen and oxygen atoms in total. The van der Waals surface area contributed by atoms with Crippen LogP contribution in [0, 0.1) is 0 Å². The number of alkyl carbamates (subject to hydrolysis) is 1. The highest BCUT2D eigenvalue weighted by atomic mass is 16.5. The SMILES string of the molecule is CCCCOCCNC(=O)CCCC(=O)Nc1ccc2c(c1)C(COC(=O)NC)c1cccc(C(=O)CCCOCCCCO)c1-2. The van der Waals surface area contributed by atoms with Gasteiger partial charge in [-0.25, -0.2) is 4.79 Å². The molecule has 0 saturated heterocycles. The molecule has 1 unspecified atom stereocenters. The van der Waals surface area contributed by atoms with Crippen LogP contribution in [-0.2, 0) is 23.8 Å². The predicted molar refractivity (Wildman–Crippen MR) is 176 cm³/mol. The van der Waals surface area contributed by atoms with Crippen LogP contribution in [0.5, 0.6) is 0 Å². The molecule has 0 aliphatic heterocycles. The number of ketones is 1. The van der Waals surface area contributed by atoms with E-state index in [2.05, 4.69) is 22.9 Å². The van der Waals surface area contributed by atoms with E-state index in [1.165, 1.54) is 7.05 Å². The van der Waals surface area contributed by atoms with Gasteiger partial charge in [0.05, 0.1) is 6.61 Å². The van der Waals surface area contributed by atoms with E-state index in [4.69, 9.17) is 19.3 Å². The molecule has 0 aromatic heterocycles. The average Bonchev–Trinajstić information content (AvgIpc) is 3.37. The molecule has 0 spiro atoms. The lowest BCUT2D eigenvalue weighted by molar-refractivity contribution is -0.121. The fraction of sp³-hybridized carbons (Fsp3) is 0.543. The number of carbonyl (C=O) groups is 4. The molecule has 3 rings (SSSR count). The first-order chi connectivity index (χ1) is 22.4. The van der Waals surface area contributed by atoms with Gasteiger partial charge in [0, 0.05) is 76.5 Å². The highest BCUT2D eigenvalue weighted by molar-refractivity contribution is 6.05. The maximum absolute atomic E-state index is 13.4. The number of unbranched alkanes of at least 4 members (excludes halogenated alkanes) is 2. The Bertz CT molecular complexity index is 1300. The lowest BCUT2D eigenvalue weighted by Crippen LogP contribution is -2.27. The van der Waals surface area contributed by atoms with Crippen LogP contribution in [0.1, 0.15) is 92.1 Å². The van der Waals surface area contributed by atoms with Gasteiger partial charge in [0.2, 0.25) is 11.8 Å². The molecule has 1 aliphatic carbocycles. The van der Waals surface area contributed by atoms with E-state index in [0.29, 0.717) is 69.9 Å². The molecular weight excluding hydrogens is 590 g/mol. The van der Waals surface area contributed by atoms with Crippen molar-refractivity contribution in [3.8, 4) is 11.1 Å². The number of amides is 3. The standard InChI is InChI=1S/C35H49N3O8/c1-3-4-19-45-22-17-37-32(41)13-8-14-33(42)38-25-15-16-27-29(23-25)30(24-46-35(43)36-2)26-10-7-11-28(34(26)27)31(40)12-9-21-44-20-6-5-18-39/h7,10-11,15-16,23,30,39H,3-6,8-9,12-14,17-22,24H2,1-2H3,(H,36,43)(H,37,41)(H,38,42). The first-order valence-corrected chi connectivity index (χ1v) is 16.4. The van der Waals surface area contributed by atoms with Crippen LogP contribution in [0.3, 0.4) is 0 Å². The third-order valence-electron chi connectivity index (χ3n) is 7.75. The van der Waals surface area contributed by atoms with Crippen LogP contribution >= 0.6 is 0 Å². The maximum atomic E-state index is 13.4. The van der Waals surface area contributed by atoms with E-state index < -0.39 is 6.09 Å². The molecule has 3 amide bonds. The Labute approximate surface area is 271 Å². The molecule has 2 aromatic carbocycles. The summed E-state index contributed by atoms with van der Waals surface area (Å²) in [6.45, 7) is 4.93. The maximum Gasteiger partial charge on any atom is 0.406 e. The Balaban J connectivity index is 1.63. The summed E-state index contributed by atoms with van der Waals surface area (Å²) in [6, 6.07) is 11.2. The second kappa shape index (κ2) is 20.3. The zero-order valence-corrected chi connectivity index (χ0v) is 27.2. The monoisotopic (exact) mass is 639 g/mol. The largest absolute Gasteiger partial charge is 0.449 e. The summed E-state index contributed by atoms with van der Waals surface area (Å²) < 4.78 is 16.5. The summed E-state index contributed by atoms with van der Waals surface area (Å²) >= 11 is 0. The fourth-order valence-corrected chi connectivity index (χ4v) is 5.35. The van der Waals surface area contributed by atoms with Crippen molar-refractivity contribution in [1.82, 2.24) is 10.6 Å². The molecular formula is C35H49N3O8. The Hall–Kier alpha value is -3.80. The molecule has 0 bridgehead atoms. The molecule has 0 radical (unpaired) electrons. The summed E-state index contributed by atoms with van der Waals surface area (Å²) in [6.07, 6.45) is 4.72. The van der Waals surface area contributed by atoms with Gasteiger partial charge in [-0.05, 0) is 66.5 Å². The first kappa shape index (κ1) is 36.7. The number of anilines is 1. The quantitative estimate of drug-likeness (QED) is 0.104. The molecule has 1 atom stereocenters. The number of benzene rings is 2. The summed E-state index contributed by atoms with van der Waals surface area (Å²) in [5.74, 6) is -0.646. The van der Waals surface area contributed by atoms with Gasteiger partial charge in [-0.1, -0.05) is 37.6 Å². The molecule has 0 saturated carbocycles. The van der Waals surface area contributed by atoms with Crippen molar-refractivity contribution in [2.24, 2.45) is 0 Å². The van der Waals surface area contributed by atoms with Crippen molar-refractivity contribution in [3.05, 3.63) is 53.1 Å². The van der Waals surface area contributed by atoms with E-state index in [1.807, 2.05) is 30.3 Å². The third kappa shape index (κ3) is 11.5. The molecule has 1 aliphatic rings. The predicted octanol–water partition coefficient (Wildman–Crippen LogP) is 4.95. The van der Waals surface area contributed by atoms with Gasteiger partial charge in [0.25, 0.3) is 0 Å². The molecule has 0 fully saturated rings. The van der Waals surface area contributed by atoms with Crippen molar-refractivity contribution in [3.63, 3.8) is 0 Å². The Morgan fingerprint density at radius 2 is 1.59 bits per heavy atom. The first-order valence-electron chi connectivity index (χ1n) is 16.4. The van der Waals surface area contributed by atoms with E-state index in [0.717, 1.165) is 41.5 Å². The van der Waals surface area contributed by atoms with Gasteiger partial charge in [-0.2, -0.15) is 0 Å². The van der Waals surface area contributed by atoms with Crippen LogP contribution in [0.15, 0.2) is 36.4 Å². The number of carbonyl (C=O) groups excluding carboxylic acids is 4. The second-order valence-corrected chi connectivity index (χ2v) is 11.3. The van der Waals surface area contributed by atoms with Gasteiger partial charge in [0.15, 0.2) is 5.78 Å². The van der Waals surface area contributed by atoms with Crippen LogP contribution in [0.4, 0.5) is 10.5 Å². The summed E-state index contributed by atoms with van der Waals surface area (Å²) in [5, 5.41) is 17.1. The minimum absolute atomic E-state index is 0.0000584. The van der Waals surface area contributed by atoms with Gasteiger partial charge < -0.3 is 35.3 Å². The highest BCUT2D eigenvalue weighted by Crippen LogP contribution is 2.47. The fourth-order valence-electron chi connectivity index (χ4n) is 5.35. The minimum atomic E-state index is -0.557. The molecule has 4 N–H and O–H groups in total. The number of rotatable bonds is 22. The zero-order valence-electron chi connectivity index (χ0n) is 27.2.